The van der Waals surface area contributed by atoms with Crippen LogP contribution < -0.4 is 10.0 Å². The van der Waals surface area contributed by atoms with Crippen molar-refractivity contribution in [1.82, 2.24) is 10.0 Å². The van der Waals surface area contributed by atoms with E-state index in [2.05, 4.69) is 37.7 Å². The van der Waals surface area contributed by atoms with E-state index in [9.17, 15) is 8.42 Å². The van der Waals surface area contributed by atoms with Gasteiger partial charge in [-0.3, -0.25) is 0 Å². The minimum Gasteiger partial charge on any atom is -0.316 e. The van der Waals surface area contributed by atoms with Gasteiger partial charge in [0.1, 0.15) is 0 Å². The smallest absolute Gasteiger partial charge is 0.240 e. The van der Waals surface area contributed by atoms with Crippen molar-refractivity contribution in [3.63, 3.8) is 0 Å². The van der Waals surface area contributed by atoms with Crippen LogP contribution in [0.3, 0.4) is 0 Å². The quantitative estimate of drug-likeness (QED) is 0.814. The van der Waals surface area contributed by atoms with Gasteiger partial charge in [-0.15, -0.1) is 0 Å². The highest BCUT2D eigenvalue weighted by molar-refractivity contribution is 7.89. The van der Waals surface area contributed by atoms with Crippen molar-refractivity contribution in [2.75, 3.05) is 13.6 Å². The van der Waals surface area contributed by atoms with Gasteiger partial charge in [0.15, 0.2) is 0 Å². The number of benzene rings is 1. The van der Waals surface area contributed by atoms with E-state index in [0.29, 0.717) is 23.9 Å². The third-order valence-corrected chi connectivity index (χ3v) is 5.68. The lowest BCUT2D eigenvalue weighted by molar-refractivity contribution is 0.252. The summed E-state index contributed by atoms with van der Waals surface area (Å²) in [6, 6.07) is 5.27. The van der Waals surface area contributed by atoms with Gasteiger partial charge in [-0.25, -0.2) is 13.1 Å². The fraction of sp³-hybridized carbons (Fsp3) is 0.625. The second-order valence-electron chi connectivity index (χ2n) is 6.59. The van der Waals surface area contributed by atoms with Gasteiger partial charge in [0.25, 0.3) is 0 Å². The predicted octanol–water partition coefficient (Wildman–Crippen LogP) is 2.67. The van der Waals surface area contributed by atoms with Gasteiger partial charge in [-0.05, 0) is 48.6 Å². The van der Waals surface area contributed by atoms with E-state index in [4.69, 9.17) is 0 Å². The highest BCUT2D eigenvalue weighted by Gasteiger charge is 2.25. The second kappa shape index (κ2) is 6.90. The molecule has 5 heteroatoms. The number of hydrogen-bond donors (Lipinski definition) is 2. The summed E-state index contributed by atoms with van der Waals surface area (Å²) >= 11 is 0. The molecule has 0 atom stereocenters. The first-order valence-corrected chi connectivity index (χ1v) is 8.82. The summed E-state index contributed by atoms with van der Waals surface area (Å²) in [7, 11) is -1.61. The summed E-state index contributed by atoms with van der Waals surface area (Å²) in [6.45, 7) is 11.4. The Labute approximate surface area is 129 Å². The van der Waals surface area contributed by atoms with Gasteiger partial charge in [0.05, 0.1) is 4.90 Å². The maximum Gasteiger partial charge on any atom is 0.240 e. The molecular weight excluding hydrogens is 284 g/mol. The molecule has 0 amide bonds. The summed E-state index contributed by atoms with van der Waals surface area (Å²) in [4.78, 5) is 0.331. The predicted molar refractivity (Wildman–Crippen MR) is 87.8 cm³/mol. The molecule has 120 valence electrons. The van der Waals surface area contributed by atoms with Crippen LogP contribution in [0.25, 0.3) is 0 Å². The van der Waals surface area contributed by atoms with E-state index in [1.54, 1.807) is 12.1 Å². The van der Waals surface area contributed by atoms with Gasteiger partial charge >= 0.3 is 0 Å². The third-order valence-electron chi connectivity index (χ3n) is 4.28. The summed E-state index contributed by atoms with van der Waals surface area (Å²) in [5.74, 6) is 0.401. The van der Waals surface area contributed by atoms with E-state index in [1.807, 2.05) is 20.0 Å². The number of rotatable bonds is 7. The molecule has 0 unspecified atom stereocenters. The Morgan fingerprint density at radius 1 is 1.24 bits per heavy atom. The highest BCUT2D eigenvalue weighted by atomic mass is 32.2. The Hall–Kier alpha value is -0.910. The molecule has 0 aliphatic rings. The molecule has 0 bridgehead atoms. The van der Waals surface area contributed by atoms with Crippen molar-refractivity contribution in [3.8, 4) is 0 Å². The van der Waals surface area contributed by atoms with Crippen LogP contribution in [0.1, 0.15) is 38.8 Å². The molecule has 1 aromatic carbocycles. The maximum absolute atomic E-state index is 12.4. The Bertz CT molecular complexity index is 578. The first kappa shape index (κ1) is 18.1. The van der Waals surface area contributed by atoms with Gasteiger partial charge in [-0.2, -0.15) is 0 Å². The van der Waals surface area contributed by atoms with E-state index in [0.717, 1.165) is 11.1 Å². The zero-order valence-corrected chi connectivity index (χ0v) is 14.8. The number of hydrogen-bond acceptors (Lipinski definition) is 3. The molecule has 1 rings (SSSR count). The second-order valence-corrected chi connectivity index (χ2v) is 8.35. The molecule has 0 aliphatic heterocycles. The molecular formula is C16H28N2O2S. The first-order valence-electron chi connectivity index (χ1n) is 7.34. The fourth-order valence-electron chi connectivity index (χ4n) is 1.76. The summed E-state index contributed by atoms with van der Waals surface area (Å²) in [6.07, 6.45) is 0. The van der Waals surface area contributed by atoms with Crippen LogP contribution in [0, 0.1) is 18.3 Å². The van der Waals surface area contributed by atoms with Crippen LogP contribution in [-0.4, -0.2) is 22.0 Å². The van der Waals surface area contributed by atoms with Crippen molar-refractivity contribution in [1.29, 1.82) is 0 Å². The molecule has 0 saturated heterocycles. The largest absolute Gasteiger partial charge is 0.316 e. The third kappa shape index (κ3) is 4.80. The highest BCUT2D eigenvalue weighted by Crippen LogP contribution is 2.25. The average Bonchev–Trinajstić information content (AvgIpc) is 2.39. The minimum absolute atomic E-state index is 0.0778. The molecule has 0 saturated carbocycles. The van der Waals surface area contributed by atoms with E-state index >= 15 is 0 Å². The van der Waals surface area contributed by atoms with Crippen molar-refractivity contribution < 1.29 is 8.42 Å². The lowest BCUT2D eigenvalue weighted by atomic mass is 9.81. The molecule has 0 heterocycles. The van der Waals surface area contributed by atoms with Crippen molar-refractivity contribution >= 4 is 10.0 Å². The van der Waals surface area contributed by atoms with Gasteiger partial charge in [0, 0.05) is 13.1 Å². The van der Waals surface area contributed by atoms with Gasteiger partial charge < -0.3 is 5.32 Å². The van der Waals surface area contributed by atoms with Crippen LogP contribution in [-0.2, 0) is 16.6 Å². The van der Waals surface area contributed by atoms with Crippen LogP contribution in [0.5, 0.6) is 0 Å². The van der Waals surface area contributed by atoms with Crippen molar-refractivity contribution in [2.24, 2.45) is 11.3 Å². The molecule has 0 fully saturated rings. The normalized spacial score (nSPS) is 12.9. The monoisotopic (exact) mass is 312 g/mol. The lowest BCUT2D eigenvalue weighted by Gasteiger charge is -2.29. The van der Waals surface area contributed by atoms with E-state index in [1.165, 1.54) is 0 Å². The maximum atomic E-state index is 12.4. The Morgan fingerprint density at radius 3 is 2.38 bits per heavy atom. The average molecular weight is 312 g/mol. The summed E-state index contributed by atoms with van der Waals surface area (Å²) < 4.78 is 27.6. The SMILES string of the molecule is CNCc1cc(S(=O)(=O)NCC(C)(C)C(C)C)ccc1C. The van der Waals surface area contributed by atoms with Crippen molar-refractivity contribution in [3.05, 3.63) is 29.3 Å². The standard InChI is InChI=1S/C16H28N2O2S/c1-12(2)16(4,5)11-18-21(19,20)15-8-7-13(3)14(9-15)10-17-6/h7-9,12,17-18H,10-11H2,1-6H3. The van der Waals surface area contributed by atoms with Gasteiger partial charge in [0.2, 0.25) is 10.0 Å². The number of nitrogens with one attached hydrogen (secondary N) is 2. The molecule has 1 aromatic rings. The fourth-order valence-corrected chi connectivity index (χ4v) is 3.04. The first-order chi connectivity index (χ1) is 9.60. The molecule has 2 N–H and O–H groups in total. The Morgan fingerprint density at radius 2 is 1.86 bits per heavy atom. The minimum atomic E-state index is -3.46. The van der Waals surface area contributed by atoms with Gasteiger partial charge in [-0.1, -0.05) is 33.8 Å². The topological polar surface area (TPSA) is 58.2 Å². The Balaban J connectivity index is 2.96. The Kier molecular flexibility index (Phi) is 5.96. The molecule has 0 spiro atoms. The number of aryl methyl sites for hydroxylation is 1. The van der Waals surface area contributed by atoms with Crippen LogP contribution >= 0.6 is 0 Å². The molecule has 0 radical (unpaired) electrons. The zero-order valence-electron chi connectivity index (χ0n) is 13.9. The van der Waals surface area contributed by atoms with Crippen LogP contribution in [0.4, 0.5) is 0 Å². The number of sulfonamides is 1. The zero-order chi connectivity index (χ0) is 16.3. The molecule has 4 nitrogen and oxygen atoms in total. The van der Waals surface area contributed by atoms with E-state index in [-0.39, 0.29) is 5.41 Å². The van der Waals surface area contributed by atoms with Crippen LogP contribution in [0.2, 0.25) is 0 Å². The summed E-state index contributed by atoms with van der Waals surface area (Å²) in [5, 5.41) is 3.06. The molecule has 21 heavy (non-hydrogen) atoms. The van der Waals surface area contributed by atoms with Crippen LogP contribution in [0.15, 0.2) is 23.1 Å². The molecule has 0 aliphatic carbocycles. The van der Waals surface area contributed by atoms with E-state index < -0.39 is 10.0 Å². The summed E-state index contributed by atoms with van der Waals surface area (Å²) in [5.41, 5.74) is 2.01. The molecule has 0 aromatic heterocycles. The lowest BCUT2D eigenvalue weighted by Crippen LogP contribution is -2.37. The van der Waals surface area contributed by atoms with Crippen molar-refractivity contribution in [2.45, 2.75) is 46.1 Å².